The third-order valence-corrected chi connectivity index (χ3v) is 10.9. The lowest BCUT2D eigenvalue weighted by molar-refractivity contribution is 0.341. The largest absolute Gasteiger partial charge is 0.354 e. The summed E-state index contributed by atoms with van der Waals surface area (Å²) in [5.74, 6) is 3.26. The summed E-state index contributed by atoms with van der Waals surface area (Å²) in [6, 6.07) is 24.6. The summed E-state index contributed by atoms with van der Waals surface area (Å²) in [5, 5.41) is 17.3. The third-order valence-electron chi connectivity index (χ3n) is 10.9. The molecule has 0 aliphatic heterocycles. The van der Waals surface area contributed by atoms with Crippen LogP contribution in [0, 0.1) is 93.7 Å². The summed E-state index contributed by atoms with van der Waals surface area (Å²) < 4.78 is 15.1. The van der Waals surface area contributed by atoms with Crippen LogP contribution >= 0.6 is 0 Å². The number of hydrogen-bond acceptors (Lipinski definition) is 3. The fourth-order valence-corrected chi connectivity index (χ4v) is 8.01. The van der Waals surface area contributed by atoms with E-state index in [9.17, 15) is 0 Å². The van der Waals surface area contributed by atoms with Crippen LogP contribution in [0.4, 0.5) is 0 Å². The maximum Gasteiger partial charge on any atom is 0.185 e. The van der Waals surface area contributed by atoms with E-state index in [-0.39, 0.29) is 23.7 Å². The lowest BCUT2D eigenvalue weighted by atomic mass is 9.97. The molecule has 0 spiro atoms. The lowest BCUT2D eigenvalue weighted by Crippen LogP contribution is -2.15. The van der Waals surface area contributed by atoms with Gasteiger partial charge >= 0.3 is 0 Å². The summed E-state index contributed by atoms with van der Waals surface area (Å²) in [5.41, 5.74) is 7.78. The molecule has 0 atom stereocenters. The Balaban J connectivity index is 0.000000909. The van der Waals surface area contributed by atoms with Crippen LogP contribution in [0.15, 0.2) is 129 Å². The van der Waals surface area contributed by atoms with Crippen LogP contribution in [0.3, 0.4) is 0 Å². The summed E-state index contributed by atoms with van der Waals surface area (Å²) in [7, 11) is 0. The van der Waals surface area contributed by atoms with E-state index >= 15 is 0 Å². The Morgan fingerprint density at radius 2 is 0.775 bits per heavy atom. The molecule has 0 bridgehead atoms. The first-order chi connectivity index (χ1) is 36.1. The van der Waals surface area contributed by atoms with Gasteiger partial charge in [-0.15, -0.1) is 6.42 Å². The Morgan fingerprint density at radius 3 is 1.12 bits per heavy atom. The van der Waals surface area contributed by atoms with Crippen molar-refractivity contribution in [2.24, 2.45) is 37.9 Å². The molecule has 80 heavy (non-hydrogen) atoms. The second-order valence-electron chi connectivity index (χ2n) is 29.5. The molecule has 10 heteroatoms. The number of imidazole rings is 1. The van der Waals surface area contributed by atoms with Crippen LogP contribution in [0.5, 0.6) is 0 Å². The van der Waals surface area contributed by atoms with Crippen molar-refractivity contribution in [1.82, 2.24) is 37.0 Å². The predicted molar refractivity (Wildman–Crippen MR) is 343 cm³/mol. The molecule has 10 nitrogen and oxygen atoms in total. The lowest BCUT2D eigenvalue weighted by Gasteiger charge is -2.20. The van der Waals surface area contributed by atoms with E-state index in [4.69, 9.17) is 16.9 Å². The molecule has 0 aromatic carbocycles. The molecule has 0 aliphatic rings. The van der Waals surface area contributed by atoms with Crippen molar-refractivity contribution in [1.29, 1.82) is 10.5 Å². The number of hydrogen-bond donors (Lipinski definition) is 0. The summed E-state index contributed by atoms with van der Waals surface area (Å²) in [6.07, 6.45) is 27.5. The first-order valence-electron chi connectivity index (χ1n) is 28.2. The number of nitrogens with zero attached hydrogens (tertiary/aromatic N) is 10. The van der Waals surface area contributed by atoms with Crippen molar-refractivity contribution in [3.8, 4) is 24.5 Å². The topological polar surface area (TPSA) is 95.0 Å². The Labute approximate surface area is 489 Å². The van der Waals surface area contributed by atoms with Crippen molar-refractivity contribution in [3.63, 3.8) is 0 Å². The quantitative estimate of drug-likeness (QED) is 0.149. The maximum absolute atomic E-state index is 8.73. The van der Waals surface area contributed by atoms with Gasteiger partial charge in [0.15, 0.2) is 5.82 Å². The van der Waals surface area contributed by atoms with E-state index in [2.05, 4.69) is 292 Å². The van der Waals surface area contributed by atoms with Gasteiger partial charge in [0.25, 0.3) is 0 Å². The second kappa shape index (κ2) is 32.6. The molecule has 7 rings (SSSR count). The minimum absolute atomic E-state index is 0. The highest BCUT2D eigenvalue weighted by molar-refractivity contribution is 5.25. The molecule has 0 unspecified atom stereocenters. The van der Waals surface area contributed by atoms with Gasteiger partial charge in [-0.2, -0.15) is 10.5 Å². The van der Waals surface area contributed by atoms with Gasteiger partial charge in [-0.25, -0.2) is 4.98 Å². The molecule has 7 aromatic heterocycles. The van der Waals surface area contributed by atoms with Crippen molar-refractivity contribution in [2.45, 2.75) is 219 Å². The molecule has 0 N–H and O–H groups in total. The van der Waals surface area contributed by atoms with Crippen LogP contribution < -0.4 is 0 Å². The van der Waals surface area contributed by atoms with Gasteiger partial charge in [0.05, 0.1) is 5.56 Å². The van der Waals surface area contributed by atoms with E-state index in [0.29, 0.717) is 27.5 Å². The molecule has 7 aromatic rings. The molecular formula is C70H112N10. The van der Waals surface area contributed by atoms with Crippen LogP contribution in [0.25, 0.3) is 0 Å². The fraction of sp³-hybridized carbons (Fsp3) is 0.557. The van der Waals surface area contributed by atoms with Crippen LogP contribution in [-0.2, 0) is 45.8 Å². The fourth-order valence-electron chi connectivity index (χ4n) is 8.01. The number of aromatic nitrogens is 8. The standard InChI is InChI=1S/3C10H14N2.3C10H17N.C9H15N.CH4/c1-10(2,3)8-12-5-4-9(6-11)7-12;1-10(2,3)8-12-6-4-5-9(12)7-11;1-5-9-11-6-7-12(9)8-10(2,3)4;1-9-5-6-11(7-9)8-10(2,3)4;2*1-9-6-5-7-11(9)8-10(2,3)4;1-9(2,3)8-10-6-4-5-7-10;/h4-5,7H,8H2,1-3H3;4-6H,8H2,1-3H3;1,6-7H,8H2,2-4H3;3*5-7H,8H2,1-4H3;4-7H,8H2,1-3H3;1H4. The number of terminal acetylenes is 1. The van der Waals surface area contributed by atoms with E-state index in [1.807, 2.05) is 52.1 Å². The van der Waals surface area contributed by atoms with Crippen molar-refractivity contribution in [3.05, 3.63) is 163 Å². The Morgan fingerprint density at radius 1 is 0.400 bits per heavy atom. The number of nitriles is 2. The first kappa shape index (κ1) is 73.4. The second-order valence-corrected chi connectivity index (χ2v) is 29.5. The van der Waals surface area contributed by atoms with E-state index in [0.717, 1.165) is 57.1 Å². The zero-order chi connectivity index (χ0) is 60.6. The van der Waals surface area contributed by atoms with Gasteiger partial charge in [-0.3, -0.25) is 0 Å². The third kappa shape index (κ3) is 35.8. The molecule has 0 amide bonds. The molecule has 0 radical (unpaired) electrons. The molecular weight excluding hydrogens is 981 g/mol. The van der Waals surface area contributed by atoms with Crippen LogP contribution in [-0.4, -0.2) is 37.0 Å². The Hall–Kier alpha value is -6.57. The van der Waals surface area contributed by atoms with Crippen molar-refractivity contribution in [2.75, 3.05) is 0 Å². The molecule has 0 saturated carbocycles. The monoisotopic (exact) mass is 1090 g/mol. The zero-order valence-corrected chi connectivity index (χ0v) is 54.1. The molecule has 442 valence electrons. The molecule has 0 saturated heterocycles. The SMILES string of the molecule is C.C#Cc1nccn1CC(C)(C)C.CC(C)(C)Cn1ccc(C#N)c1.CC(C)(C)Cn1cccc1.CC(C)(C)Cn1cccc1C#N.Cc1cccn1CC(C)(C)C.Cc1cccn1CC(C)(C)C.Cc1ccn(CC(C)(C)C)c1. The Kier molecular flexibility index (Phi) is 29.9. The average Bonchev–Trinajstić information content (AvgIpc) is 4.15. The summed E-state index contributed by atoms with van der Waals surface area (Å²) in [6.45, 7) is 60.1. The van der Waals surface area contributed by atoms with Gasteiger partial charge in [0.2, 0.25) is 0 Å². The zero-order valence-electron chi connectivity index (χ0n) is 54.1. The maximum atomic E-state index is 8.73. The first-order valence-corrected chi connectivity index (χ1v) is 28.2. The van der Waals surface area contributed by atoms with Crippen molar-refractivity contribution >= 4 is 0 Å². The average molecular weight is 1090 g/mol. The summed E-state index contributed by atoms with van der Waals surface area (Å²) >= 11 is 0. The highest BCUT2D eigenvalue weighted by atomic mass is 15.1. The number of aryl methyl sites for hydroxylation is 3. The van der Waals surface area contributed by atoms with Gasteiger partial charge in [0.1, 0.15) is 17.8 Å². The molecule has 7 heterocycles. The van der Waals surface area contributed by atoms with E-state index in [1.54, 1.807) is 6.20 Å². The van der Waals surface area contributed by atoms with Gasteiger partial charge in [-0.1, -0.05) is 153 Å². The van der Waals surface area contributed by atoms with Crippen molar-refractivity contribution < 1.29 is 0 Å². The van der Waals surface area contributed by atoms with E-state index < -0.39 is 0 Å². The van der Waals surface area contributed by atoms with Gasteiger partial charge in [-0.05, 0) is 131 Å². The van der Waals surface area contributed by atoms with Crippen LogP contribution in [0.2, 0.25) is 0 Å². The highest BCUT2D eigenvalue weighted by Gasteiger charge is 2.16. The molecule has 0 aliphatic carbocycles. The smallest absolute Gasteiger partial charge is 0.185 e. The minimum atomic E-state index is 0. The van der Waals surface area contributed by atoms with E-state index in [1.165, 1.54) is 17.0 Å². The molecule has 0 fully saturated rings. The minimum Gasteiger partial charge on any atom is -0.354 e. The van der Waals surface area contributed by atoms with Gasteiger partial charge < -0.3 is 32.0 Å². The predicted octanol–water partition coefficient (Wildman–Crippen LogP) is 18.4. The van der Waals surface area contributed by atoms with Gasteiger partial charge in [0, 0.05) is 125 Å². The van der Waals surface area contributed by atoms with Crippen LogP contribution in [0.1, 0.15) is 187 Å². The summed E-state index contributed by atoms with van der Waals surface area (Å²) in [4.78, 5) is 4.05. The number of rotatable bonds is 7. The normalized spacial score (nSPS) is 11.5. The highest BCUT2D eigenvalue weighted by Crippen LogP contribution is 2.22. The Bertz CT molecular complexity index is 2740.